The molecule has 0 radical (unpaired) electrons. The number of carbonyl (C=O) groups is 1. The van der Waals surface area contributed by atoms with E-state index in [0.29, 0.717) is 25.3 Å². The minimum absolute atomic E-state index is 0.231. The molecular weight excluding hydrogens is 273 g/mol. The van der Waals surface area contributed by atoms with Gasteiger partial charge in [0.1, 0.15) is 0 Å². The molecule has 0 bridgehead atoms. The van der Waals surface area contributed by atoms with Gasteiger partial charge in [0.15, 0.2) is 0 Å². The van der Waals surface area contributed by atoms with Crippen LogP contribution in [0.3, 0.4) is 0 Å². The number of ether oxygens (including phenoxy) is 1. The molecule has 0 aliphatic carbocycles. The lowest BCUT2D eigenvalue weighted by molar-refractivity contribution is 0.0677. The van der Waals surface area contributed by atoms with Crippen LogP contribution in [0.25, 0.3) is 0 Å². The minimum Gasteiger partial charge on any atom is -0.383 e. The van der Waals surface area contributed by atoms with Crippen LogP contribution in [0.2, 0.25) is 0 Å². The van der Waals surface area contributed by atoms with Gasteiger partial charge >= 0.3 is 0 Å². The van der Waals surface area contributed by atoms with Crippen LogP contribution in [0.15, 0.2) is 42.7 Å². The van der Waals surface area contributed by atoms with E-state index in [1.165, 1.54) is 18.3 Å². The Kier molecular flexibility index (Phi) is 5.34. The van der Waals surface area contributed by atoms with Crippen molar-refractivity contribution in [3.63, 3.8) is 0 Å². The fourth-order valence-corrected chi connectivity index (χ4v) is 1.83. The molecule has 0 N–H and O–H groups in total. The van der Waals surface area contributed by atoms with Gasteiger partial charge in [-0.05, 0) is 24.3 Å². The third kappa shape index (κ3) is 4.32. The first-order valence-electron chi connectivity index (χ1n) is 6.50. The molecule has 6 heteroatoms. The fourth-order valence-electron chi connectivity index (χ4n) is 1.83. The summed E-state index contributed by atoms with van der Waals surface area (Å²) in [7, 11) is 1.57. The van der Waals surface area contributed by atoms with E-state index in [1.54, 1.807) is 18.2 Å². The van der Waals surface area contributed by atoms with Crippen LogP contribution in [-0.4, -0.2) is 41.0 Å². The standard InChI is InChI=1S/C15H16FN3O2/c1-21-9-8-19(11-13-4-2-3-7-17-13)15(20)12-5-6-14(16)18-10-12/h2-7,10H,8-9,11H2,1H3. The highest BCUT2D eigenvalue weighted by molar-refractivity contribution is 5.93. The summed E-state index contributed by atoms with van der Waals surface area (Å²) < 4.78 is 17.9. The molecule has 0 aliphatic heterocycles. The zero-order valence-electron chi connectivity index (χ0n) is 11.7. The van der Waals surface area contributed by atoms with Crippen LogP contribution in [0, 0.1) is 5.95 Å². The lowest BCUT2D eigenvalue weighted by atomic mass is 10.2. The Balaban J connectivity index is 2.14. The number of hydrogen-bond donors (Lipinski definition) is 0. The summed E-state index contributed by atoms with van der Waals surface area (Å²) in [6, 6.07) is 8.11. The predicted octanol–water partition coefficient (Wildman–Crippen LogP) is 1.90. The molecule has 1 amide bonds. The smallest absolute Gasteiger partial charge is 0.255 e. The Morgan fingerprint density at radius 3 is 2.76 bits per heavy atom. The maximum atomic E-state index is 12.8. The molecule has 0 saturated heterocycles. The molecular formula is C15H16FN3O2. The van der Waals surface area contributed by atoms with Crippen LogP contribution in [0.1, 0.15) is 16.1 Å². The summed E-state index contributed by atoms with van der Waals surface area (Å²) in [6.07, 6.45) is 2.91. The van der Waals surface area contributed by atoms with E-state index in [0.717, 1.165) is 5.69 Å². The molecule has 0 atom stereocenters. The number of aromatic nitrogens is 2. The molecule has 2 heterocycles. The number of rotatable bonds is 6. The van der Waals surface area contributed by atoms with Gasteiger partial charge in [-0.2, -0.15) is 4.39 Å². The van der Waals surface area contributed by atoms with Crippen LogP contribution in [0.5, 0.6) is 0 Å². The Morgan fingerprint density at radius 1 is 1.29 bits per heavy atom. The number of halogens is 1. The van der Waals surface area contributed by atoms with Gasteiger partial charge in [0.2, 0.25) is 5.95 Å². The fraction of sp³-hybridized carbons (Fsp3) is 0.267. The average molecular weight is 289 g/mol. The van der Waals surface area contributed by atoms with E-state index in [-0.39, 0.29) is 5.91 Å². The average Bonchev–Trinajstić information content (AvgIpc) is 2.52. The lowest BCUT2D eigenvalue weighted by Gasteiger charge is -2.22. The second-order valence-electron chi connectivity index (χ2n) is 4.41. The van der Waals surface area contributed by atoms with Crippen molar-refractivity contribution in [3.05, 3.63) is 59.9 Å². The second kappa shape index (κ2) is 7.44. The van der Waals surface area contributed by atoms with Crippen LogP contribution < -0.4 is 0 Å². The second-order valence-corrected chi connectivity index (χ2v) is 4.41. The number of nitrogens with zero attached hydrogens (tertiary/aromatic N) is 3. The Bertz CT molecular complexity index is 575. The molecule has 5 nitrogen and oxygen atoms in total. The van der Waals surface area contributed by atoms with E-state index in [2.05, 4.69) is 9.97 Å². The monoisotopic (exact) mass is 289 g/mol. The normalized spacial score (nSPS) is 10.4. The minimum atomic E-state index is -0.611. The highest BCUT2D eigenvalue weighted by Gasteiger charge is 2.17. The summed E-state index contributed by atoms with van der Waals surface area (Å²) in [5, 5.41) is 0. The zero-order chi connectivity index (χ0) is 15.1. The summed E-state index contributed by atoms with van der Waals surface area (Å²) in [6.45, 7) is 1.19. The van der Waals surface area contributed by atoms with Gasteiger partial charge in [-0.1, -0.05) is 6.07 Å². The Hall–Kier alpha value is -2.34. The third-order valence-corrected chi connectivity index (χ3v) is 2.91. The number of hydrogen-bond acceptors (Lipinski definition) is 4. The van der Waals surface area contributed by atoms with Gasteiger partial charge in [-0.15, -0.1) is 0 Å². The van der Waals surface area contributed by atoms with Crippen molar-refractivity contribution >= 4 is 5.91 Å². The molecule has 2 aromatic rings. The number of pyridine rings is 2. The van der Waals surface area contributed by atoms with Crippen molar-refractivity contribution in [2.24, 2.45) is 0 Å². The molecule has 110 valence electrons. The number of methoxy groups -OCH3 is 1. The van der Waals surface area contributed by atoms with Crippen molar-refractivity contribution in [1.82, 2.24) is 14.9 Å². The first-order valence-corrected chi connectivity index (χ1v) is 6.50. The van der Waals surface area contributed by atoms with Gasteiger partial charge in [0, 0.05) is 26.0 Å². The quantitative estimate of drug-likeness (QED) is 0.762. The topological polar surface area (TPSA) is 55.3 Å². The van der Waals surface area contributed by atoms with Crippen molar-refractivity contribution in [2.45, 2.75) is 6.54 Å². The SMILES string of the molecule is COCCN(Cc1ccccn1)C(=O)c1ccc(F)nc1. The van der Waals surface area contributed by atoms with Crippen LogP contribution in [0.4, 0.5) is 4.39 Å². The van der Waals surface area contributed by atoms with Crippen molar-refractivity contribution in [1.29, 1.82) is 0 Å². The maximum Gasteiger partial charge on any atom is 0.255 e. The van der Waals surface area contributed by atoms with Gasteiger partial charge < -0.3 is 9.64 Å². The molecule has 0 fully saturated rings. The molecule has 21 heavy (non-hydrogen) atoms. The summed E-state index contributed by atoms with van der Waals surface area (Å²) in [5.74, 6) is -0.843. The summed E-state index contributed by atoms with van der Waals surface area (Å²) >= 11 is 0. The summed E-state index contributed by atoms with van der Waals surface area (Å²) in [5.41, 5.74) is 1.11. The highest BCUT2D eigenvalue weighted by atomic mass is 19.1. The molecule has 0 unspecified atom stereocenters. The lowest BCUT2D eigenvalue weighted by Crippen LogP contribution is -2.33. The van der Waals surface area contributed by atoms with Crippen LogP contribution >= 0.6 is 0 Å². The largest absolute Gasteiger partial charge is 0.383 e. The van der Waals surface area contributed by atoms with E-state index in [1.807, 2.05) is 18.2 Å². The molecule has 0 spiro atoms. The predicted molar refractivity (Wildman–Crippen MR) is 75.0 cm³/mol. The van der Waals surface area contributed by atoms with Crippen molar-refractivity contribution in [2.75, 3.05) is 20.3 Å². The molecule has 2 aromatic heterocycles. The molecule has 2 rings (SSSR count). The van der Waals surface area contributed by atoms with Gasteiger partial charge in [0.25, 0.3) is 5.91 Å². The Labute approximate surface area is 122 Å². The first kappa shape index (κ1) is 15.1. The van der Waals surface area contributed by atoms with Gasteiger partial charge in [-0.3, -0.25) is 9.78 Å². The zero-order valence-corrected chi connectivity index (χ0v) is 11.7. The number of carbonyl (C=O) groups excluding carboxylic acids is 1. The molecule has 0 aliphatic rings. The van der Waals surface area contributed by atoms with E-state index in [9.17, 15) is 9.18 Å². The van der Waals surface area contributed by atoms with Crippen molar-refractivity contribution in [3.8, 4) is 0 Å². The Morgan fingerprint density at radius 2 is 2.14 bits per heavy atom. The van der Waals surface area contributed by atoms with Gasteiger partial charge in [-0.25, -0.2) is 4.98 Å². The maximum absolute atomic E-state index is 12.8. The van der Waals surface area contributed by atoms with E-state index in [4.69, 9.17) is 4.74 Å². The van der Waals surface area contributed by atoms with Crippen molar-refractivity contribution < 1.29 is 13.9 Å². The van der Waals surface area contributed by atoms with Gasteiger partial charge in [0.05, 0.1) is 24.4 Å². The van der Waals surface area contributed by atoms with Crippen LogP contribution in [-0.2, 0) is 11.3 Å². The molecule has 0 aromatic carbocycles. The highest BCUT2D eigenvalue weighted by Crippen LogP contribution is 2.08. The van der Waals surface area contributed by atoms with E-state index >= 15 is 0 Å². The summed E-state index contributed by atoms with van der Waals surface area (Å²) in [4.78, 5) is 21.8. The number of amides is 1. The van der Waals surface area contributed by atoms with E-state index < -0.39 is 5.95 Å². The first-order chi connectivity index (χ1) is 10.2. The third-order valence-electron chi connectivity index (χ3n) is 2.91. The molecule has 0 saturated carbocycles.